The molecule has 0 bridgehead atoms. The molecule has 0 aromatic heterocycles. The number of nitrogens with one attached hydrogen (secondary N) is 1. The molecule has 21 heavy (non-hydrogen) atoms. The second-order valence-corrected chi connectivity index (χ2v) is 5.56. The Hall–Kier alpha value is -2.01. The van der Waals surface area contributed by atoms with Crippen LogP contribution in [0.1, 0.15) is 21.5 Å². The highest BCUT2D eigenvalue weighted by Gasteiger charge is 2.09. The number of aryl methyl sites for hydroxylation is 1. The van der Waals surface area contributed by atoms with Gasteiger partial charge < -0.3 is 15.2 Å². The summed E-state index contributed by atoms with van der Waals surface area (Å²) in [5.41, 5.74) is 3.10. The largest absolute Gasteiger partial charge is 0.508 e. The summed E-state index contributed by atoms with van der Waals surface area (Å²) in [5.74, 6) is -0.143. The zero-order chi connectivity index (χ0) is 15.4. The molecule has 0 radical (unpaired) electrons. The fourth-order valence-corrected chi connectivity index (χ4v) is 2.35. The first-order chi connectivity index (χ1) is 10.0. The van der Waals surface area contributed by atoms with Crippen LogP contribution in [0.4, 0.5) is 5.69 Å². The number of phenolic OH excluding ortho intramolecular Hbond substituents is 1. The molecule has 0 atom stereocenters. The van der Waals surface area contributed by atoms with Crippen LogP contribution in [0, 0.1) is 6.92 Å². The number of carbonyl (C=O) groups is 1. The number of phenols is 1. The summed E-state index contributed by atoms with van der Waals surface area (Å²) in [7, 11) is 1.36. The Morgan fingerprint density at radius 3 is 2.76 bits per heavy atom. The number of benzene rings is 2. The molecule has 0 fully saturated rings. The van der Waals surface area contributed by atoms with Crippen molar-refractivity contribution in [2.24, 2.45) is 0 Å². The van der Waals surface area contributed by atoms with Crippen LogP contribution in [-0.4, -0.2) is 18.2 Å². The number of anilines is 1. The predicted octanol–water partition coefficient (Wildman–Crippen LogP) is 3.86. The lowest BCUT2D eigenvalue weighted by molar-refractivity contribution is 0.0601. The molecule has 0 spiro atoms. The summed E-state index contributed by atoms with van der Waals surface area (Å²) in [5, 5.41) is 13.1. The van der Waals surface area contributed by atoms with Crippen molar-refractivity contribution in [1.82, 2.24) is 0 Å². The highest BCUT2D eigenvalue weighted by molar-refractivity contribution is 9.10. The molecule has 4 nitrogen and oxygen atoms in total. The SMILES string of the molecule is COC(=O)c1ccc(C)c(NCc2cc(Br)ccc2O)c1. The standard InChI is InChI=1S/C16H16BrNO3/c1-10-3-4-11(16(20)21-2)8-14(10)18-9-12-7-13(17)5-6-15(12)19/h3-8,18-19H,9H2,1-2H3. The van der Waals surface area contributed by atoms with Crippen molar-refractivity contribution in [1.29, 1.82) is 0 Å². The van der Waals surface area contributed by atoms with Crippen molar-refractivity contribution in [3.05, 3.63) is 57.6 Å². The Kier molecular flexibility index (Phi) is 4.85. The number of halogens is 1. The molecule has 0 aliphatic rings. The minimum atomic E-state index is -0.372. The van der Waals surface area contributed by atoms with Crippen molar-refractivity contribution in [2.75, 3.05) is 12.4 Å². The second kappa shape index (κ2) is 6.63. The minimum absolute atomic E-state index is 0.229. The number of hydrogen-bond acceptors (Lipinski definition) is 4. The molecule has 0 amide bonds. The molecule has 0 saturated heterocycles. The Balaban J connectivity index is 2.19. The van der Waals surface area contributed by atoms with Gasteiger partial charge in [-0.15, -0.1) is 0 Å². The molecule has 0 heterocycles. The monoisotopic (exact) mass is 349 g/mol. The smallest absolute Gasteiger partial charge is 0.337 e. The summed E-state index contributed by atoms with van der Waals surface area (Å²) < 4.78 is 5.62. The Morgan fingerprint density at radius 2 is 2.05 bits per heavy atom. The summed E-state index contributed by atoms with van der Waals surface area (Å²) in [6, 6.07) is 10.6. The third-order valence-corrected chi connectivity index (χ3v) is 3.66. The van der Waals surface area contributed by atoms with Crippen molar-refractivity contribution in [3.63, 3.8) is 0 Å². The topological polar surface area (TPSA) is 58.6 Å². The summed E-state index contributed by atoms with van der Waals surface area (Å²) in [6.07, 6.45) is 0. The van der Waals surface area contributed by atoms with Gasteiger partial charge in [-0.1, -0.05) is 22.0 Å². The van der Waals surface area contributed by atoms with E-state index in [1.54, 1.807) is 24.3 Å². The van der Waals surface area contributed by atoms with E-state index >= 15 is 0 Å². The van der Waals surface area contributed by atoms with E-state index in [1.807, 2.05) is 19.1 Å². The number of esters is 1. The number of aromatic hydroxyl groups is 1. The fraction of sp³-hybridized carbons (Fsp3) is 0.188. The first-order valence-corrected chi connectivity index (χ1v) is 7.21. The maximum atomic E-state index is 11.6. The lowest BCUT2D eigenvalue weighted by Gasteiger charge is -2.12. The van der Waals surface area contributed by atoms with Crippen LogP contribution in [0.25, 0.3) is 0 Å². The van der Waals surface area contributed by atoms with Gasteiger partial charge in [0.2, 0.25) is 0 Å². The van der Waals surface area contributed by atoms with Gasteiger partial charge in [0.05, 0.1) is 12.7 Å². The summed E-state index contributed by atoms with van der Waals surface area (Å²) in [6.45, 7) is 2.40. The van der Waals surface area contributed by atoms with E-state index in [-0.39, 0.29) is 11.7 Å². The average molecular weight is 350 g/mol. The van der Waals surface area contributed by atoms with E-state index in [1.165, 1.54) is 7.11 Å². The lowest BCUT2D eigenvalue weighted by Crippen LogP contribution is -2.05. The molecule has 5 heteroatoms. The number of carbonyl (C=O) groups excluding carboxylic acids is 1. The van der Waals surface area contributed by atoms with Gasteiger partial charge in [-0.2, -0.15) is 0 Å². The molecule has 0 aliphatic heterocycles. The van der Waals surface area contributed by atoms with Crippen LogP contribution >= 0.6 is 15.9 Å². The molecule has 110 valence electrons. The average Bonchev–Trinajstić information content (AvgIpc) is 2.48. The molecule has 2 N–H and O–H groups in total. The molecule has 0 saturated carbocycles. The Labute approximate surface area is 131 Å². The van der Waals surface area contributed by atoms with Crippen LogP contribution in [0.15, 0.2) is 40.9 Å². The van der Waals surface area contributed by atoms with E-state index in [9.17, 15) is 9.90 Å². The minimum Gasteiger partial charge on any atom is -0.508 e. The van der Waals surface area contributed by atoms with Crippen LogP contribution in [0.2, 0.25) is 0 Å². The molecule has 0 aliphatic carbocycles. The predicted molar refractivity (Wildman–Crippen MR) is 85.7 cm³/mol. The van der Waals surface area contributed by atoms with Gasteiger partial charge in [0, 0.05) is 22.3 Å². The van der Waals surface area contributed by atoms with Crippen LogP contribution in [-0.2, 0) is 11.3 Å². The Morgan fingerprint density at radius 1 is 1.29 bits per heavy atom. The van der Waals surface area contributed by atoms with Crippen molar-refractivity contribution in [2.45, 2.75) is 13.5 Å². The molecular weight excluding hydrogens is 334 g/mol. The number of rotatable bonds is 4. The van der Waals surface area contributed by atoms with E-state index in [2.05, 4.69) is 21.2 Å². The molecule has 2 rings (SSSR count). The second-order valence-electron chi connectivity index (χ2n) is 4.65. The molecular formula is C16H16BrNO3. The van der Waals surface area contributed by atoms with Crippen molar-refractivity contribution >= 4 is 27.6 Å². The number of methoxy groups -OCH3 is 1. The highest BCUT2D eigenvalue weighted by atomic mass is 79.9. The van der Waals surface area contributed by atoms with Gasteiger partial charge in [-0.05, 0) is 42.8 Å². The third-order valence-electron chi connectivity index (χ3n) is 3.17. The summed E-state index contributed by atoms with van der Waals surface area (Å²) >= 11 is 3.38. The van der Waals surface area contributed by atoms with Crippen LogP contribution in [0.3, 0.4) is 0 Å². The highest BCUT2D eigenvalue weighted by Crippen LogP contribution is 2.24. The van der Waals surface area contributed by atoms with E-state index < -0.39 is 0 Å². The summed E-state index contributed by atoms with van der Waals surface area (Å²) in [4.78, 5) is 11.6. The number of ether oxygens (including phenoxy) is 1. The van der Waals surface area contributed by atoms with Crippen LogP contribution in [0.5, 0.6) is 5.75 Å². The van der Waals surface area contributed by atoms with Gasteiger partial charge >= 0.3 is 5.97 Å². The quantitative estimate of drug-likeness (QED) is 0.822. The van der Waals surface area contributed by atoms with Crippen molar-refractivity contribution in [3.8, 4) is 5.75 Å². The molecule has 2 aromatic rings. The number of hydrogen-bond donors (Lipinski definition) is 2. The first kappa shape index (κ1) is 15.4. The maximum Gasteiger partial charge on any atom is 0.337 e. The zero-order valence-corrected chi connectivity index (χ0v) is 13.4. The van der Waals surface area contributed by atoms with E-state index in [0.717, 1.165) is 21.3 Å². The maximum absolute atomic E-state index is 11.6. The van der Waals surface area contributed by atoms with E-state index in [4.69, 9.17) is 4.74 Å². The molecule has 0 unspecified atom stereocenters. The van der Waals surface area contributed by atoms with Gasteiger partial charge in [0.15, 0.2) is 0 Å². The van der Waals surface area contributed by atoms with Crippen LogP contribution < -0.4 is 5.32 Å². The Bertz CT molecular complexity index is 671. The normalized spacial score (nSPS) is 10.2. The zero-order valence-electron chi connectivity index (χ0n) is 11.8. The first-order valence-electron chi connectivity index (χ1n) is 6.41. The van der Waals surface area contributed by atoms with Gasteiger partial charge in [-0.3, -0.25) is 0 Å². The van der Waals surface area contributed by atoms with Gasteiger partial charge in [0.25, 0.3) is 0 Å². The van der Waals surface area contributed by atoms with Gasteiger partial charge in [-0.25, -0.2) is 4.79 Å². The molecule has 2 aromatic carbocycles. The van der Waals surface area contributed by atoms with Crippen molar-refractivity contribution < 1.29 is 14.6 Å². The third kappa shape index (κ3) is 3.76. The van der Waals surface area contributed by atoms with Gasteiger partial charge in [0.1, 0.15) is 5.75 Å². The van der Waals surface area contributed by atoms with E-state index in [0.29, 0.717) is 12.1 Å². The fourth-order valence-electron chi connectivity index (χ4n) is 1.94. The lowest BCUT2D eigenvalue weighted by atomic mass is 10.1.